The summed E-state index contributed by atoms with van der Waals surface area (Å²) < 4.78 is 16.6. The average Bonchev–Trinajstić information content (AvgIpc) is 2.87. The molecular weight excluding hydrogens is 480 g/mol. The van der Waals surface area contributed by atoms with Crippen LogP contribution in [0, 0.1) is 0 Å². The minimum Gasteiger partial charge on any atom is -0.508 e. The molecular formula is C28H36O9. The van der Waals surface area contributed by atoms with Gasteiger partial charge in [-0.25, -0.2) is 0 Å². The summed E-state index contributed by atoms with van der Waals surface area (Å²) in [5, 5.41) is 50.6. The average molecular weight is 517 g/mol. The van der Waals surface area contributed by atoms with Crippen LogP contribution in [0.3, 0.4) is 0 Å². The Morgan fingerprint density at radius 1 is 0.865 bits per heavy atom. The van der Waals surface area contributed by atoms with Crippen LogP contribution in [0.2, 0.25) is 0 Å². The summed E-state index contributed by atoms with van der Waals surface area (Å²) in [6.45, 7) is 1.81. The summed E-state index contributed by atoms with van der Waals surface area (Å²) >= 11 is 0. The first-order valence-electron chi connectivity index (χ1n) is 12.6. The number of carbonyl (C=O) groups excluding carboxylic acids is 1. The molecule has 2 aromatic carbocycles. The Labute approximate surface area is 216 Å². The molecule has 0 aromatic heterocycles. The van der Waals surface area contributed by atoms with Gasteiger partial charge in [0.1, 0.15) is 48.3 Å². The number of phenols is 2. The maximum absolute atomic E-state index is 12.0. The van der Waals surface area contributed by atoms with E-state index in [9.17, 15) is 30.3 Å². The first kappa shape index (κ1) is 28.5. The summed E-state index contributed by atoms with van der Waals surface area (Å²) in [5.41, 5.74) is 1.41. The van der Waals surface area contributed by atoms with Gasteiger partial charge in [0.15, 0.2) is 0 Å². The number of hydrogen-bond acceptors (Lipinski definition) is 9. The van der Waals surface area contributed by atoms with Gasteiger partial charge in [-0.3, -0.25) is 4.79 Å². The van der Waals surface area contributed by atoms with Crippen molar-refractivity contribution in [3.63, 3.8) is 0 Å². The third kappa shape index (κ3) is 8.75. The van der Waals surface area contributed by atoms with E-state index in [2.05, 4.69) is 6.92 Å². The summed E-state index contributed by atoms with van der Waals surface area (Å²) in [7, 11) is 0. The normalized spacial score (nSPS) is 23.7. The first-order valence-corrected chi connectivity index (χ1v) is 12.6. The molecule has 1 saturated heterocycles. The standard InChI is InChI=1S/C28H36O9/c1-2-3-4-5-6-7-24(31)35-17-23-25(32)26(33)27(34)28(37-23)36-22-15-19(14-21(30)16-22)9-8-18-10-12-20(29)13-11-18/h8-16,23,25-30,32-34H,2-7,17H2,1H3/b9-8+. The van der Waals surface area contributed by atoms with Crippen LogP contribution in [-0.4, -0.2) is 68.8 Å². The molecule has 5 atom stereocenters. The van der Waals surface area contributed by atoms with Gasteiger partial charge in [-0.05, 0) is 41.8 Å². The van der Waals surface area contributed by atoms with E-state index in [1.807, 2.05) is 0 Å². The Hall–Kier alpha value is -3.11. The van der Waals surface area contributed by atoms with E-state index in [1.165, 1.54) is 12.1 Å². The molecule has 5 N–H and O–H groups in total. The number of esters is 1. The molecule has 202 valence electrons. The zero-order valence-corrected chi connectivity index (χ0v) is 20.9. The number of aromatic hydroxyl groups is 2. The van der Waals surface area contributed by atoms with E-state index in [4.69, 9.17) is 14.2 Å². The van der Waals surface area contributed by atoms with Crippen molar-refractivity contribution in [3.8, 4) is 17.2 Å². The molecule has 2 aromatic rings. The van der Waals surface area contributed by atoms with Crippen molar-refractivity contribution >= 4 is 18.1 Å². The lowest BCUT2D eigenvalue weighted by atomic mass is 9.99. The highest BCUT2D eigenvalue weighted by Gasteiger charge is 2.45. The summed E-state index contributed by atoms with van der Waals surface area (Å²) in [6.07, 6.45) is 1.52. The fourth-order valence-corrected chi connectivity index (χ4v) is 3.95. The van der Waals surface area contributed by atoms with E-state index in [-0.39, 0.29) is 30.3 Å². The Bertz CT molecular complexity index is 1020. The zero-order valence-electron chi connectivity index (χ0n) is 20.9. The largest absolute Gasteiger partial charge is 0.508 e. The van der Waals surface area contributed by atoms with Crippen molar-refractivity contribution in [1.82, 2.24) is 0 Å². The lowest BCUT2D eigenvalue weighted by molar-refractivity contribution is -0.278. The van der Waals surface area contributed by atoms with Crippen LogP contribution in [0.5, 0.6) is 17.2 Å². The van der Waals surface area contributed by atoms with Crippen LogP contribution < -0.4 is 4.74 Å². The van der Waals surface area contributed by atoms with E-state index in [0.29, 0.717) is 12.0 Å². The minimum atomic E-state index is -1.59. The quantitative estimate of drug-likeness (QED) is 0.163. The molecule has 9 nitrogen and oxygen atoms in total. The monoisotopic (exact) mass is 516 g/mol. The van der Waals surface area contributed by atoms with Crippen LogP contribution in [-0.2, 0) is 14.3 Å². The van der Waals surface area contributed by atoms with E-state index < -0.39 is 36.7 Å². The number of carbonyl (C=O) groups is 1. The summed E-state index contributed by atoms with van der Waals surface area (Å²) in [5.74, 6) is -0.221. The number of ether oxygens (including phenoxy) is 3. The lowest BCUT2D eigenvalue weighted by Gasteiger charge is -2.39. The molecule has 0 bridgehead atoms. The van der Waals surface area contributed by atoms with Crippen molar-refractivity contribution in [2.45, 2.75) is 76.2 Å². The van der Waals surface area contributed by atoms with Gasteiger partial charge in [-0.1, -0.05) is 56.9 Å². The highest BCUT2D eigenvalue weighted by molar-refractivity contribution is 5.71. The van der Waals surface area contributed by atoms with Crippen LogP contribution in [0.4, 0.5) is 0 Å². The number of benzene rings is 2. The molecule has 0 radical (unpaired) electrons. The molecule has 0 spiro atoms. The maximum Gasteiger partial charge on any atom is 0.305 e. The SMILES string of the molecule is CCCCCCCC(=O)OCC1OC(Oc2cc(O)cc(/C=C/c3ccc(O)cc3)c2)C(O)C(O)C1O. The van der Waals surface area contributed by atoms with E-state index >= 15 is 0 Å². The van der Waals surface area contributed by atoms with Gasteiger partial charge in [0.25, 0.3) is 0 Å². The van der Waals surface area contributed by atoms with Crippen molar-refractivity contribution in [3.05, 3.63) is 53.6 Å². The molecule has 0 aliphatic carbocycles. The van der Waals surface area contributed by atoms with E-state index in [1.54, 1.807) is 42.5 Å². The Balaban J connectivity index is 1.60. The predicted octanol–water partition coefficient (Wildman–Crippen LogP) is 3.36. The van der Waals surface area contributed by atoms with Gasteiger partial charge in [0.2, 0.25) is 6.29 Å². The Kier molecular flexibility index (Phi) is 10.8. The number of hydrogen-bond donors (Lipinski definition) is 5. The maximum atomic E-state index is 12.0. The molecule has 0 amide bonds. The van der Waals surface area contributed by atoms with Crippen LogP contribution >= 0.6 is 0 Å². The van der Waals surface area contributed by atoms with Gasteiger partial charge >= 0.3 is 5.97 Å². The smallest absolute Gasteiger partial charge is 0.305 e. The van der Waals surface area contributed by atoms with Gasteiger partial charge < -0.3 is 39.7 Å². The predicted molar refractivity (Wildman–Crippen MR) is 137 cm³/mol. The van der Waals surface area contributed by atoms with Gasteiger partial charge in [0, 0.05) is 12.5 Å². The fraction of sp³-hybridized carbons (Fsp3) is 0.464. The Morgan fingerprint density at radius 3 is 2.30 bits per heavy atom. The third-order valence-electron chi connectivity index (χ3n) is 6.09. The molecule has 5 unspecified atom stereocenters. The molecule has 9 heteroatoms. The molecule has 3 rings (SSSR count). The van der Waals surface area contributed by atoms with E-state index in [0.717, 1.165) is 31.2 Å². The summed E-state index contributed by atoms with van der Waals surface area (Å²) in [4.78, 5) is 12.0. The zero-order chi connectivity index (χ0) is 26.8. The highest BCUT2D eigenvalue weighted by atomic mass is 16.7. The number of rotatable bonds is 12. The second-order valence-corrected chi connectivity index (χ2v) is 9.16. The number of aliphatic hydroxyl groups is 3. The van der Waals surface area contributed by atoms with Crippen molar-refractivity contribution < 1.29 is 44.5 Å². The first-order chi connectivity index (χ1) is 17.8. The van der Waals surface area contributed by atoms with Gasteiger partial charge in [-0.15, -0.1) is 0 Å². The molecule has 1 aliphatic heterocycles. The van der Waals surface area contributed by atoms with Gasteiger partial charge in [-0.2, -0.15) is 0 Å². The molecule has 1 aliphatic rings. The highest BCUT2D eigenvalue weighted by Crippen LogP contribution is 2.28. The van der Waals surface area contributed by atoms with Crippen molar-refractivity contribution in [2.75, 3.05) is 6.61 Å². The van der Waals surface area contributed by atoms with Crippen LogP contribution in [0.25, 0.3) is 12.2 Å². The van der Waals surface area contributed by atoms with Crippen LogP contribution in [0.1, 0.15) is 56.6 Å². The molecule has 37 heavy (non-hydrogen) atoms. The van der Waals surface area contributed by atoms with Crippen molar-refractivity contribution in [1.29, 1.82) is 0 Å². The number of phenolic OH excluding ortho intramolecular Hbond substituents is 2. The minimum absolute atomic E-state index is 0.0989. The third-order valence-corrected chi connectivity index (χ3v) is 6.09. The molecule has 1 fully saturated rings. The lowest BCUT2D eigenvalue weighted by Crippen LogP contribution is -2.60. The topological polar surface area (TPSA) is 146 Å². The molecule has 1 heterocycles. The second kappa shape index (κ2) is 14.0. The number of aliphatic hydroxyl groups excluding tert-OH is 3. The van der Waals surface area contributed by atoms with Crippen molar-refractivity contribution in [2.24, 2.45) is 0 Å². The Morgan fingerprint density at radius 2 is 1.57 bits per heavy atom. The molecule has 0 saturated carbocycles. The number of unbranched alkanes of at least 4 members (excludes halogenated alkanes) is 4. The summed E-state index contributed by atoms with van der Waals surface area (Å²) in [6, 6.07) is 11.0. The second-order valence-electron chi connectivity index (χ2n) is 9.16. The van der Waals surface area contributed by atoms with Crippen LogP contribution in [0.15, 0.2) is 42.5 Å². The fourth-order valence-electron chi connectivity index (χ4n) is 3.95. The van der Waals surface area contributed by atoms with Gasteiger partial charge in [0.05, 0.1) is 0 Å².